The number of pyridine rings is 1. The van der Waals surface area contributed by atoms with Crippen LogP contribution in [0.2, 0.25) is 0 Å². The van der Waals surface area contributed by atoms with Gasteiger partial charge in [-0.3, -0.25) is 0 Å². The molecule has 1 heterocycles. The Morgan fingerprint density at radius 3 is 2.67 bits per heavy atom. The molecule has 0 aliphatic carbocycles. The van der Waals surface area contributed by atoms with Crippen LogP contribution in [0.15, 0.2) is 23.3 Å². The molecule has 1 aromatic heterocycles. The first kappa shape index (κ1) is 17.2. The van der Waals surface area contributed by atoms with E-state index in [2.05, 4.69) is 34.0 Å². The van der Waals surface area contributed by atoms with Gasteiger partial charge in [0.25, 0.3) is 0 Å². The molecule has 0 aliphatic heterocycles. The molecule has 6 heteroatoms. The third-order valence-electron chi connectivity index (χ3n) is 3.14. The van der Waals surface area contributed by atoms with Crippen molar-refractivity contribution in [1.29, 1.82) is 0 Å². The summed E-state index contributed by atoms with van der Waals surface area (Å²) in [5.74, 6) is 1.42. The van der Waals surface area contributed by atoms with Crippen molar-refractivity contribution in [3.63, 3.8) is 0 Å². The molecular formula is C15H27N5O. The largest absolute Gasteiger partial charge is 0.383 e. The van der Waals surface area contributed by atoms with E-state index >= 15 is 0 Å². The molecule has 1 rings (SSSR count). The summed E-state index contributed by atoms with van der Waals surface area (Å²) in [5.41, 5.74) is 6.87. The lowest BCUT2D eigenvalue weighted by Crippen LogP contribution is -2.40. The molecule has 0 spiro atoms. The van der Waals surface area contributed by atoms with E-state index in [-0.39, 0.29) is 6.04 Å². The number of nitrogens with one attached hydrogen (secondary N) is 1. The van der Waals surface area contributed by atoms with Gasteiger partial charge < -0.3 is 20.7 Å². The predicted molar refractivity (Wildman–Crippen MR) is 87.6 cm³/mol. The fourth-order valence-corrected chi connectivity index (χ4v) is 2.01. The lowest BCUT2D eigenvalue weighted by atomic mass is 10.3. The zero-order chi connectivity index (χ0) is 15.7. The summed E-state index contributed by atoms with van der Waals surface area (Å²) >= 11 is 0. The Hall–Kier alpha value is -1.82. The van der Waals surface area contributed by atoms with E-state index < -0.39 is 0 Å². The average molecular weight is 293 g/mol. The van der Waals surface area contributed by atoms with Gasteiger partial charge in [-0.2, -0.15) is 0 Å². The summed E-state index contributed by atoms with van der Waals surface area (Å²) in [7, 11) is 1.66. The summed E-state index contributed by atoms with van der Waals surface area (Å²) < 4.78 is 5.04. The van der Waals surface area contributed by atoms with E-state index in [0.29, 0.717) is 19.1 Å². The molecule has 1 atom stereocenters. The van der Waals surface area contributed by atoms with Gasteiger partial charge >= 0.3 is 0 Å². The van der Waals surface area contributed by atoms with E-state index in [9.17, 15) is 0 Å². The van der Waals surface area contributed by atoms with Crippen LogP contribution in [0.3, 0.4) is 0 Å². The number of hydrogen-bond donors (Lipinski definition) is 2. The molecule has 21 heavy (non-hydrogen) atoms. The van der Waals surface area contributed by atoms with Crippen molar-refractivity contribution >= 4 is 11.8 Å². The minimum Gasteiger partial charge on any atom is -0.383 e. The zero-order valence-corrected chi connectivity index (χ0v) is 13.5. The number of nitrogens with zero attached hydrogens (tertiary/aromatic N) is 3. The molecule has 1 aromatic rings. The van der Waals surface area contributed by atoms with Crippen LogP contribution in [0.1, 0.15) is 26.3 Å². The molecular weight excluding hydrogens is 266 g/mol. The second-order valence-corrected chi connectivity index (χ2v) is 4.90. The standard InChI is InChI=1S/C15H27N5O/c1-5-20(6-2)14-8-7-13(9-17-14)10-18-15(16)19-12(3)11-21-4/h7-9,12H,5-6,10-11H2,1-4H3,(H3,16,18,19). The molecule has 0 radical (unpaired) electrons. The third-order valence-corrected chi connectivity index (χ3v) is 3.14. The van der Waals surface area contributed by atoms with Crippen molar-refractivity contribution in [1.82, 2.24) is 10.3 Å². The number of rotatable bonds is 8. The summed E-state index contributed by atoms with van der Waals surface area (Å²) in [6, 6.07) is 4.20. The normalized spacial score (nSPS) is 13.0. The average Bonchev–Trinajstić information content (AvgIpc) is 2.48. The molecule has 6 nitrogen and oxygen atoms in total. The summed E-state index contributed by atoms with van der Waals surface area (Å²) in [6.07, 6.45) is 1.85. The Morgan fingerprint density at radius 1 is 1.43 bits per heavy atom. The van der Waals surface area contributed by atoms with Gasteiger partial charge in [0.15, 0.2) is 5.96 Å². The van der Waals surface area contributed by atoms with Gasteiger partial charge in [0.2, 0.25) is 0 Å². The van der Waals surface area contributed by atoms with Gasteiger partial charge in [-0.05, 0) is 32.4 Å². The third kappa shape index (κ3) is 5.99. The molecule has 0 bridgehead atoms. The highest BCUT2D eigenvalue weighted by atomic mass is 16.5. The Bertz CT molecular complexity index is 428. The van der Waals surface area contributed by atoms with Crippen LogP contribution in [0.5, 0.6) is 0 Å². The topological polar surface area (TPSA) is 75.8 Å². The smallest absolute Gasteiger partial charge is 0.189 e. The van der Waals surface area contributed by atoms with Crippen molar-refractivity contribution in [2.45, 2.75) is 33.4 Å². The number of aromatic nitrogens is 1. The lowest BCUT2D eigenvalue weighted by Gasteiger charge is -2.19. The molecule has 118 valence electrons. The number of nitrogens with two attached hydrogens (primary N) is 1. The number of aliphatic imine (C=N–C) groups is 1. The van der Waals surface area contributed by atoms with E-state index in [0.717, 1.165) is 24.5 Å². The van der Waals surface area contributed by atoms with E-state index in [1.807, 2.05) is 25.3 Å². The Kier molecular flexibility index (Phi) is 7.53. The van der Waals surface area contributed by atoms with Gasteiger partial charge in [-0.15, -0.1) is 0 Å². The molecule has 0 aromatic carbocycles. The van der Waals surface area contributed by atoms with Crippen LogP contribution < -0.4 is 16.0 Å². The first-order valence-electron chi connectivity index (χ1n) is 7.35. The van der Waals surface area contributed by atoms with Crippen LogP contribution in [-0.2, 0) is 11.3 Å². The van der Waals surface area contributed by atoms with E-state index in [4.69, 9.17) is 10.5 Å². The first-order valence-corrected chi connectivity index (χ1v) is 7.35. The van der Waals surface area contributed by atoms with Crippen molar-refractivity contribution in [2.75, 3.05) is 31.7 Å². The van der Waals surface area contributed by atoms with E-state index in [1.54, 1.807) is 7.11 Å². The maximum absolute atomic E-state index is 5.83. The molecule has 0 saturated carbocycles. The van der Waals surface area contributed by atoms with Crippen molar-refractivity contribution in [2.24, 2.45) is 10.7 Å². The molecule has 0 aliphatic rings. The number of methoxy groups -OCH3 is 1. The molecule has 0 fully saturated rings. The molecule has 0 amide bonds. The van der Waals surface area contributed by atoms with Gasteiger partial charge in [-0.1, -0.05) is 6.07 Å². The summed E-state index contributed by atoms with van der Waals surface area (Å²) in [5, 5.41) is 3.07. The minimum atomic E-state index is 0.141. The predicted octanol–water partition coefficient (Wildman–Crippen LogP) is 1.37. The maximum Gasteiger partial charge on any atom is 0.189 e. The van der Waals surface area contributed by atoms with Crippen LogP contribution in [0.4, 0.5) is 5.82 Å². The monoisotopic (exact) mass is 293 g/mol. The van der Waals surface area contributed by atoms with Gasteiger partial charge in [0.05, 0.1) is 13.2 Å². The number of anilines is 1. The van der Waals surface area contributed by atoms with Crippen LogP contribution in [0.25, 0.3) is 0 Å². The molecule has 0 saturated heterocycles. The van der Waals surface area contributed by atoms with Crippen LogP contribution >= 0.6 is 0 Å². The number of guanidine groups is 1. The highest BCUT2D eigenvalue weighted by Gasteiger charge is 2.04. The first-order chi connectivity index (χ1) is 10.1. The second kappa shape index (κ2) is 9.18. The fourth-order valence-electron chi connectivity index (χ4n) is 2.01. The van der Waals surface area contributed by atoms with Gasteiger partial charge in [0.1, 0.15) is 5.82 Å². The minimum absolute atomic E-state index is 0.141. The second-order valence-electron chi connectivity index (χ2n) is 4.90. The lowest BCUT2D eigenvalue weighted by molar-refractivity contribution is 0.179. The van der Waals surface area contributed by atoms with Gasteiger partial charge in [-0.25, -0.2) is 9.98 Å². The fraction of sp³-hybridized carbons (Fsp3) is 0.600. The van der Waals surface area contributed by atoms with Crippen molar-refractivity contribution in [3.8, 4) is 0 Å². The Labute approximate surface area is 127 Å². The van der Waals surface area contributed by atoms with Crippen LogP contribution in [0, 0.1) is 0 Å². The highest BCUT2D eigenvalue weighted by Crippen LogP contribution is 2.11. The quantitative estimate of drug-likeness (QED) is 0.559. The van der Waals surface area contributed by atoms with Crippen molar-refractivity contribution in [3.05, 3.63) is 23.9 Å². The van der Waals surface area contributed by atoms with E-state index in [1.165, 1.54) is 0 Å². The number of ether oxygens (including phenoxy) is 1. The number of hydrogen-bond acceptors (Lipinski definition) is 4. The van der Waals surface area contributed by atoms with Crippen LogP contribution in [-0.4, -0.2) is 43.8 Å². The van der Waals surface area contributed by atoms with Crippen molar-refractivity contribution < 1.29 is 4.74 Å². The Morgan fingerprint density at radius 2 is 2.14 bits per heavy atom. The Balaban J connectivity index is 2.55. The molecule has 1 unspecified atom stereocenters. The highest BCUT2D eigenvalue weighted by molar-refractivity contribution is 5.78. The summed E-state index contributed by atoms with van der Waals surface area (Å²) in [4.78, 5) is 11.0. The SMILES string of the molecule is CCN(CC)c1ccc(CN=C(N)NC(C)COC)cn1. The maximum atomic E-state index is 5.83. The zero-order valence-electron chi connectivity index (χ0n) is 13.5. The summed E-state index contributed by atoms with van der Waals surface area (Å²) in [6.45, 7) is 9.26. The molecule has 3 N–H and O–H groups in total. The van der Waals surface area contributed by atoms with Gasteiger partial charge in [0, 0.05) is 32.4 Å².